The van der Waals surface area contributed by atoms with E-state index in [1.807, 2.05) is 13.0 Å². The third kappa shape index (κ3) is 3.71. The predicted molar refractivity (Wildman–Crippen MR) is 83.5 cm³/mol. The maximum atomic E-state index is 12.9. The van der Waals surface area contributed by atoms with Gasteiger partial charge in [0.25, 0.3) is 0 Å². The monoisotopic (exact) mass is 302 g/mol. The first-order chi connectivity index (χ1) is 10.7. The topological polar surface area (TPSA) is 50.3 Å². The number of hydrogen-bond donors (Lipinski definition) is 1. The molecule has 1 fully saturated rings. The van der Waals surface area contributed by atoms with Gasteiger partial charge in [-0.1, -0.05) is 12.1 Å². The number of aryl methyl sites for hydroxylation is 1. The van der Waals surface area contributed by atoms with Crippen molar-refractivity contribution in [2.45, 2.75) is 13.5 Å². The molecule has 22 heavy (non-hydrogen) atoms. The molecule has 1 aromatic heterocycles. The van der Waals surface area contributed by atoms with Gasteiger partial charge in [-0.25, -0.2) is 9.37 Å². The van der Waals surface area contributed by atoms with E-state index in [9.17, 15) is 4.39 Å². The Labute approximate surface area is 129 Å². The first-order valence-electron chi connectivity index (χ1n) is 7.37. The number of hydrogen-bond acceptors (Lipinski definition) is 5. The molecule has 2 aromatic rings. The summed E-state index contributed by atoms with van der Waals surface area (Å²) in [6, 6.07) is 8.39. The van der Waals surface area contributed by atoms with E-state index in [1.165, 1.54) is 12.1 Å². The molecule has 1 N–H and O–H groups in total. The Balaban J connectivity index is 1.70. The van der Waals surface area contributed by atoms with Crippen LogP contribution in [0.5, 0.6) is 0 Å². The van der Waals surface area contributed by atoms with Crippen molar-refractivity contribution in [3.8, 4) is 0 Å². The smallest absolute Gasteiger partial charge is 0.225 e. The summed E-state index contributed by atoms with van der Waals surface area (Å²) >= 11 is 0. The summed E-state index contributed by atoms with van der Waals surface area (Å²) in [5.74, 6) is 1.27. The molecule has 1 aliphatic heterocycles. The maximum Gasteiger partial charge on any atom is 0.225 e. The molecule has 116 valence electrons. The SMILES string of the molecule is Cc1cc(N2CCOCC2)nc(NCc2ccc(F)cc2)n1. The molecule has 0 aliphatic carbocycles. The van der Waals surface area contributed by atoms with Crippen LogP contribution in [0.4, 0.5) is 16.2 Å². The van der Waals surface area contributed by atoms with Crippen molar-refractivity contribution in [3.63, 3.8) is 0 Å². The van der Waals surface area contributed by atoms with Gasteiger partial charge in [-0.3, -0.25) is 0 Å². The van der Waals surface area contributed by atoms with Crippen LogP contribution in [0.3, 0.4) is 0 Å². The Morgan fingerprint density at radius 3 is 2.64 bits per heavy atom. The summed E-state index contributed by atoms with van der Waals surface area (Å²) in [7, 11) is 0. The summed E-state index contributed by atoms with van der Waals surface area (Å²) in [6.45, 7) is 5.64. The molecule has 0 unspecified atom stereocenters. The molecule has 0 amide bonds. The minimum absolute atomic E-state index is 0.231. The molecule has 0 radical (unpaired) electrons. The fourth-order valence-electron chi connectivity index (χ4n) is 2.37. The number of aromatic nitrogens is 2. The molecule has 1 saturated heterocycles. The Morgan fingerprint density at radius 2 is 1.91 bits per heavy atom. The highest BCUT2D eigenvalue weighted by Crippen LogP contribution is 2.16. The number of morpholine rings is 1. The number of nitrogens with zero attached hydrogens (tertiary/aromatic N) is 3. The number of benzene rings is 1. The molecule has 1 aliphatic rings. The quantitative estimate of drug-likeness (QED) is 0.939. The summed E-state index contributed by atoms with van der Waals surface area (Å²) in [4.78, 5) is 11.2. The summed E-state index contributed by atoms with van der Waals surface area (Å²) in [5, 5.41) is 3.20. The van der Waals surface area contributed by atoms with Crippen molar-refractivity contribution < 1.29 is 9.13 Å². The molecule has 0 atom stereocenters. The van der Waals surface area contributed by atoms with Crippen molar-refractivity contribution in [2.75, 3.05) is 36.5 Å². The van der Waals surface area contributed by atoms with E-state index in [1.54, 1.807) is 12.1 Å². The molecular weight excluding hydrogens is 283 g/mol. The van der Waals surface area contributed by atoms with Crippen molar-refractivity contribution >= 4 is 11.8 Å². The van der Waals surface area contributed by atoms with Gasteiger partial charge in [0, 0.05) is 31.4 Å². The second kappa shape index (κ2) is 6.70. The Morgan fingerprint density at radius 1 is 1.18 bits per heavy atom. The maximum absolute atomic E-state index is 12.9. The lowest BCUT2D eigenvalue weighted by molar-refractivity contribution is 0.122. The molecule has 2 heterocycles. The summed E-state index contributed by atoms with van der Waals surface area (Å²) in [5.41, 5.74) is 1.90. The van der Waals surface area contributed by atoms with Crippen LogP contribution in [-0.2, 0) is 11.3 Å². The van der Waals surface area contributed by atoms with Gasteiger partial charge in [0.05, 0.1) is 13.2 Å². The van der Waals surface area contributed by atoms with Gasteiger partial charge in [0.1, 0.15) is 11.6 Å². The number of ether oxygens (including phenoxy) is 1. The van der Waals surface area contributed by atoms with E-state index in [2.05, 4.69) is 20.2 Å². The minimum atomic E-state index is -0.231. The Kier molecular flexibility index (Phi) is 4.48. The first kappa shape index (κ1) is 14.7. The molecular formula is C16H19FN4O. The van der Waals surface area contributed by atoms with E-state index < -0.39 is 0 Å². The predicted octanol–water partition coefficient (Wildman–Crippen LogP) is 2.37. The van der Waals surface area contributed by atoms with Gasteiger partial charge in [0.15, 0.2) is 0 Å². The lowest BCUT2D eigenvalue weighted by atomic mass is 10.2. The molecule has 1 aromatic carbocycles. The van der Waals surface area contributed by atoms with Gasteiger partial charge in [-0.15, -0.1) is 0 Å². The second-order valence-corrected chi connectivity index (χ2v) is 5.27. The number of anilines is 2. The summed E-state index contributed by atoms with van der Waals surface area (Å²) in [6.07, 6.45) is 0. The molecule has 0 spiro atoms. The highest BCUT2D eigenvalue weighted by molar-refractivity contribution is 5.45. The first-order valence-corrected chi connectivity index (χ1v) is 7.37. The number of rotatable bonds is 4. The molecule has 6 heteroatoms. The van der Waals surface area contributed by atoms with Gasteiger partial charge in [-0.05, 0) is 24.6 Å². The highest BCUT2D eigenvalue weighted by atomic mass is 19.1. The van der Waals surface area contributed by atoms with Gasteiger partial charge < -0.3 is 15.0 Å². The van der Waals surface area contributed by atoms with Crippen LogP contribution in [0.2, 0.25) is 0 Å². The number of nitrogens with one attached hydrogen (secondary N) is 1. The van der Waals surface area contributed by atoms with Crippen LogP contribution < -0.4 is 10.2 Å². The third-order valence-electron chi connectivity index (χ3n) is 3.54. The van der Waals surface area contributed by atoms with E-state index in [-0.39, 0.29) is 5.82 Å². The largest absolute Gasteiger partial charge is 0.378 e. The van der Waals surface area contributed by atoms with Crippen LogP contribution in [0.25, 0.3) is 0 Å². The molecule has 0 bridgehead atoms. The Bertz CT molecular complexity index is 627. The average Bonchev–Trinajstić information content (AvgIpc) is 2.55. The van der Waals surface area contributed by atoms with Crippen LogP contribution >= 0.6 is 0 Å². The fourth-order valence-corrected chi connectivity index (χ4v) is 2.37. The van der Waals surface area contributed by atoms with Crippen LogP contribution in [0, 0.1) is 12.7 Å². The second-order valence-electron chi connectivity index (χ2n) is 5.27. The Hall–Kier alpha value is -2.21. The molecule has 3 rings (SSSR count). The van der Waals surface area contributed by atoms with Crippen molar-refractivity contribution in [1.29, 1.82) is 0 Å². The number of halogens is 1. The van der Waals surface area contributed by atoms with Crippen LogP contribution in [0.1, 0.15) is 11.3 Å². The van der Waals surface area contributed by atoms with Gasteiger partial charge in [0.2, 0.25) is 5.95 Å². The zero-order chi connectivity index (χ0) is 15.4. The van der Waals surface area contributed by atoms with Crippen LogP contribution in [0.15, 0.2) is 30.3 Å². The van der Waals surface area contributed by atoms with E-state index in [4.69, 9.17) is 4.74 Å². The summed E-state index contributed by atoms with van der Waals surface area (Å²) < 4.78 is 18.3. The standard InChI is InChI=1S/C16H19FN4O/c1-12-10-15(21-6-8-22-9-7-21)20-16(19-12)18-11-13-2-4-14(17)5-3-13/h2-5,10H,6-9,11H2,1H3,(H,18,19,20). The van der Waals surface area contributed by atoms with E-state index >= 15 is 0 Å². The van der Waals surface area contributed by atoms with Crippen LogP contribution in [-0.4, -0.2) is 36.3 Å². The van der Waals surface area contributed by atoms with E-state index in [0.717, 1.165) is 43.4 Å². The van der Waals surface area contributed by atoms with Gasteiger partial charge in [-0.2, -0.15) is 4.98 Å². The zero-order valence-electron chi connectivity index (χ0n) is 12.6. The zero-order valence-corrected chi connectivity index (χ0v) is 12.6. The third-order valence-corrected chi connectivity index (χ3v) is 3.54. The minimum Gasteiger partial charge on any atom is -0.378 e. The molecule has 5 nitrogen and oxygen atoms in total. The van der Waals surface area contributed by atoms with Crippen molar-refractivity contribution in [3.05, 3.63) is 47.4 Å². The normalized spacial score (nSPS) is 14.9. The van der Waals surface area contributed by atoms with Crippen molar-refractivity contribution in [1.82, 2.24) is 9.97 Å². The lowest BCUT2D eigenvalue weighted by Gasteiger charge is -2.28. The average molecular weight is 302 g/mol. The lowest BCUT2D eigenvalue weighted by Crippen LogP contribution is -2.37. The van der Waals surface area contributed by atoms with Crippen molar-refractivity contribution in [2.24, 2.45) is 0 Å². The molecule has 0 saturated carbocycles. The van der Waals surface area contributed by atoms with Gasteiger partial charge >= 0.3 is 0 Å². The highest BCUT2D eigenvalue weighted by Gasteiger charge is 2.14. The van der Waals surface area contributed by atoms with E-state index in [0.29, 0.717) is 12.5 Å². The fraction of sp³-hybridized carbons (Fsp3) is 0.375.